The zero-order chi connectivity index (χ0) is 17.8. The fourth-order valence-corrected chi connectivity index (χ4v) is 2.50. The SMILES string of the molecule is COC(=O)c1ccccc1NC(=O)c1c(-c2ccccc2)noc1C. The quantitative estimate of drug-likeness (QED) is 0.735. The number of nitrogens with zero attached hydrogens (tertiary/aromatic N) is 1. The molecular formula is C19H16N2O4. The van der Waals surface area contributed by atoms with Gasteiger partial charge < -0.3 is 14.6 Å². The van der Waals surface area contributed by atoms with Crippen LogP contribution in [0.2, 0.25) is 0 Å². The second kappa shape index (κ2) is 7.00. The summed E-state index contributed by atoms with van der Waals surface area (Å²) in [5, 5.41) is 6.73. The van der Waals surface area contributed by atoms with Gasteiger partial charge in [0.2, 0.25) is 0 Å². The average Bonchev–Trinajstić information content (AvgIpc) is 3.04. The van der Waals surface area contributed by atoms with Gasteiger partial charge in [0.25, 0.3) is 5.91 Å². The normalized spacial score (nSPS) is 10.3. The van der Waals surface area contributed by atoms with E-state index in [-0.39, 0.29) is 5.56 Å². The first-order valence-corrected chi connectivity index (χ1v) is 7.62. The van der Waals surface area contributed by atoms with Crippen LogP contribution >= 0.6 is 0 Å². The molecule has 1 aromatic heterocycles. The molecule has 3 rings (SSSR count). The minimum atomic E-state index is -0.527. The standard InChI is InChI=1S/C19H16N2O4/c1-12-16(17(21-25-12)13-8-4-3-5-9-13)18(22)20-15-11-7-6-10-14(15)19(23)24-2/h3-11H,1-2H3,(H,20,22). The van der Waals surface area contributed by atoms with Gasteiger partial charge in [0.1, 0.15) is 17.0 Å². The lowest BCUT2D eigenvalue weighted by Gasteiger charge is -2.09. The predicted octanol–water partition coefficient (Wildman–Crippen LogP) is 3.69. The van der Waals surface area contributed by atoms with Crippen molar-refractivity contribution in [3.8, 4) is 11.3 Å². The van der Waals surface area contributed by atoms with Crippen LogP contribution in [0.15, 0.2) is 59.1 Å². The highest BCUT2D eigenvalue weighted by atomic mass is 16.5. The zero-order valence-corrected chi connectivity index (χ0v) is 13.8. The third-order valence-corrected chi connectivity index (χ3v) is 3.72. The van der Waals surface area contributed by atoms with E-state index in [0.717, 1.165) is 5.56 Å². The van der Waals surface area contributed by atoms with Gasteiger partial charge in [0.15, 0.2) is 0 Å². The van der Waals surface area contributed by atoms with Crippen molar-refractivity contribution in [1.82, 2.24) is 5.16 Å². The van der Waals surface area contributed by atoms with E-state index in [4.69, 9.17) is 9.26 Å². The Morgan fingerprint density at radius 3 is 2.44 bits per heavy atom. The molecule has 126 valence electrons. The summed E-state index contributed by atoms with van der Waals surface area (Å²) in [7, 11) is 1.29. The predicted molar refractivity (Wildman–Crippen MR) is 92.4 cm³/mol. The molecule has 0 saturated carbocycles. The van der Waals surface area contributed by atoms with Crippen LogP contribution in [0, 0.1) is 6.92 Å². The fraction of sp³-hybridized carbons (Fsp3) is 0.105. The second-order valence-electron chi connectivity index (χ2n) is 5.32. The van der Waals surface area contributed by atoms with Crippen molar-refractivity contribution in [3.63, 3.8) is 0 Å². The molecule has 25 heavy (non-hydrogen) atoms. The number of para-hydroxylation sites is 1. The first kappa shape index (κ1) is 16.4. The Morgan fingerprint density at radius 1 is 1.04 bits per heavy atom. The van der Waals surface area contributed by atoms with Gasteiger partial charge in [-0.05, 0) is 19.1 Å². The molecule has 0 aliphatic carbocycles. The van der Waals surface area contributed by atoms with E-state index in [0.29, 0.717) is 22.7 Å². The molecular weight excluding hydrogens is 320 g/mol. The minimum absolute atomic E-state index is 0.272. The monoisotopic (exact) mass is 336 g/mol. The van der Waals surface area contributed by atoms with Gasteiger partial charge >= 0.3 is 5.97 Å². The van der Waals surface area contributed by atoms with Crippen LogP contribution in [-0.2, 0) is 4.74 Å². The van der Waals surface area contributed by atoms with Gasteiger partial charge in [-0.15, -0.1) is 0 Å². The van der Waals surface area contributed by atoms with Crippen LogP contribution in [0.25, 0.3) is 11.3 Å². The number of esters is 1. The fourth-order valence-electron chi connectivity index (χ4n) is 2.50. The van der Waals surface area contributed by atoms with Gasteiger partial charge in [-0.2, -0.15) is 0 Å². The maximum Gasteiger partial charge on any atom is 0.339 e. The van der Waals surface area contributed by atoms with Gasteiger partial charge in [-0.25, -0.2) is 4.79 Å². The molecule has 0 bridgehead atoms. The van der Waals surface area contributed by atoms with Crippen molar-refractivity contribution in [2.24, 2.45) is 0 Å². The lowest BCUT2D eigenvalue weighted by atomic mass is 10.1. The summed E-state index contributed by atoms with van der Waals surface area (Å²) in [5.41, 5.74) is 2.18. The van der Waals surface area contributed by atoms with Crippen molar-refractivity contribution in [3.05, 3.63) is 71.5 Å². The largest absolute Gasteiger partial charge is 0.465 e. The Bertz CT molecular complexity index is 916. The molecule has 1 amide bonds. The molecule has 0 fully saturated rings. The van der Waals surface area contributed by atoms with Crippen LogP contribution in [0.4, 0.5) is 5.69 Å². The number of hydrogen-bond acceptors (Lipinski definition) is 5. The molecule has 0 aliphatic rings. The first-order chi connectivity index (χ1) is 12.1. The molecule has 6 heteroatoms. The summed E-state index contributed by atoms with van der Waals surface area (Å²) in [6.45, 7) is 1.67. The summed E-state index contributed by atoms with van der Waals surface area (Å²) in [6.07, 6.45) is 0. The van der Waals surface area contributed by atoms with Crippen LogP contribution < -0.4 is 5.32 Å². The third-order valence-electron chi connectivity index (χ3n) is 3.72. The van der Waals surface area contributed by atoms with Crippen molar-refractivity contribution < 1.29 is 18.8 Å². The van der Waals surface area contributed by atoms with Crippen LogP contribution in [0.5, 0.6) is 0 Å². The molecule has 0 unspecified atom stereocenters. The number of benzene rings is 2. The molecule has 0 aliphatic heterocycles. The number of rotatable bonds is 4. The number of hydrogen-bond donors (Lipinski definition) is 1. The molecule has 3 aromatic rings. The van der Waals surface area contributed by atoms with E-state index in [1.54, 1.807) is 31.2 Å². The Kier molecular flexibility index (Phi) is 4.61. The van der Waals surface area contributed by atoms with Crippen molar-refractivity contribution in [2.45, 2.75) is 6.92 Å². The zero-order valence-electron chi connectivity index (χ0n) is 13.8. The van der Waals surface area contributed by atoms with E-state index >= 15 is 0 Å². The van der Waals surface area contributed by atoms with Crippen LogP contribution in [0.1, 0.15) is 26.5 Å². The number of aromatic nitrogens is 1. The Labute approximate surface area is 144 Å². The lowest BCUT2D eigenvalue weighted by Crippen LogP contribution is -2.16. The molecule has 1 N–H and O–H groups in total. The second-order valence-corrected chi connectivity index (χ2v) is 5.32. The summed E-state index contributed by atoms with van der Waals surface area (Å²) < 4.78 is 9.95. The number of carbonyl (C=O) groups excluding carboxylic acids is 2. The number of amides is 1. The van der Waals surface area contributed by atoms with E-state index in [1.807, 2.05) is 30.3 Å². The Balaban J connectivity index is 1.96. The molecule has 1 heterocycles. The molecule has 6 nitrogen and oxygen atoms in total. The van der Waals surface area contributed by atoms with Crippen molar-refractivity contribution in [1.29, 1.82) is 0 Å². The maximum atomic E-state index is 12.8. The first-order valence-electron chi connectivity index (χ1n) is 7.62. The van der Waals surface area contributed by atoms with Gasteiger partial charge in [-0.1, -0.05) is 47.6 Å². The maximum absolute atomic E-state index is 12.8. The number of anilines is 1. The molecule has 0 atom stereocenters. The number of nitrogens with one attached hydrogen (secondary N) is 1. The number of ether oxygens (including phenoxy) is 1. The Hall–Kier alpha value is -3.41. The average molecular weight is 336 g/mol. The summed E-state index contributed by atoms with van der Waals surface area (Å²) in [6, 6.07) is 15.9. The van der Waals surface area contributed by atoms with E-state index < -0.39 is 11.9 Å². The summed E-state index contributed by atoms with van der Waals surface area (Å²) in [4.78, 5) is 24.6. The van der Waals surface area contributed by atoms with E-state index in [2.05, 4.69) is 10.5 Å². The van der Waals surface area contributed by atoms with Gasteiger partial charge in [0.05, 0.1) is 18.4 Å². The van der Waals surface area contributed by atoms with E-state index in [9.17, 15) is 9.59 Å². The smallest absolute Gasteiger partial charge is 0.339 e. The topological polar surface area (TPSA) is 81.4 Å². The number of carbonyl (C=O) groups is 2. The Morgan fingerprint density at radius 2 is 1.72 bits per heavy atom. The molecule has 2 aromatic carbocycles. The lowest BCUT2D eigenvalue weighted by molar-refractivity contribution is 0.0602. The highest BCUT2D eigenvalue weighted by Gasteiger charge is 2.23. The summed E-state index contributed by atoms with van der Waals surface area (Å²) in [5.74, 6) is -0.540. The highest BCUT2D eigenvalue weighted by molar-refractivity contribution is 6.11. The van der Waals surface area contributed by atoms with E-state index in [1.165, 1.54) is 7.11 Å². The third kappa shape index (κ3) is 3.28. The number of methoxy groups -OCH3 is 1. The van der Waals surface area contributed by atoms with Crippen LogP contribution in [-0.4, -0.2) is 24.1 Å². The summed E-state index contributed by atoms with van der Waals surface area (Å²) >= 11 is 0. The van der Waals surface area contributed by atoms with Crippen molar-refractivity contribution in [2.75, 3.05) is 12.4 Å². The van der Waals surface area contributed by atoms with Crippen LogP contribution in [0.3, 0.4) is 0 Å². The highest BCUT2D eigenvalue weighted by Crippen LogP contribution is 2.26. The molecule has 0 saturated heterocycles. The molecule has 0 radical (unpaired) electrons. The van der Waals surface area contributed by atoms with Crippen molar-refractivity contribution >= 4 is 17.6 Å². The van der Waals surface area contributed by atoms with Gasteiger partial charge in [0, 0.05) is 5.56 Å². The molecule has 0 spiro atoms. The number of aryl methyl sites for hydroxylation is 1. The minimum Gasteiger partial charge on any atom is -0.465 e. The van der Waals surface area contributed by atoms with Gasteiger partial charge in [-0.3, -0.25) is 4.79 Å².